The number of carbonyl (C=O) groups excluding carboxylic acids is 1. The van der Waals surface area contributed by atoms with Gasteiger partial charge in [0.25, 0.3) is 0 Å². The van der Waals surface area contributed by atoms with E-state index in [0.29, 0.717) is 31.9 Å². The Hall–Kier alpha value is -1.53. The number of hydrogen-bond donors (Lipinski definition) is 1. The summed E-state index contributed by atoms with van der Waals surface area (Å²) in [7, 11) is -5.83. The second kappa shape index (κ2) is 8.65. The zero-order valence-electron chi connectivity index (χ0n) is 15.8. The molecule has 0 aromatic heterocycles. The lowest BCUT2D eigenvalue weighted by Gasteiger charge is -2.33. The third kappa shape index (κ3) is 5.72. The molecular formula is C16H26N4O5S2. The van der Waals surface area contributed by atoms with Crippen LogP contribution >= 0.6 is 0 Å². The summed E-state index contributed by atoms with van der Waals surface area (Å²) in [6.45, 7) is 4.79. The fourth-order valence-electron chi connectivity index (χ4n) is 2.69. The fraction of sp³-hybridized carbons (Fsp3) is 0.562. The third-order valence-electron chi connectivity index (χ3n) is 4.47. The van der Waals surface area contributed by atoms with Crippen LogP contribution in [0.5, 0.6) is 0 Å². The van der Waals surface area contributed by atoms with E-state index in [1.807, 2.05) is 6.92 Å². The van der Waals surface area contributed by atoms with Crippen LogP contribution in [0.2, 0.25) is 0 Å². The average molecular weight is 419 g/mol. The van der Waals surface area contributed by atoms with Gasteiger partial charge < -0.3 is 10.2 Å². The summed E-state index contributed by atoms with van der Waals surface area (Å²) < 4.78 is 50.8. The Labute approximate surface area is 161 Å². The van der Waals surface area contributed by atoms with E-state index in [0.717, 1.165) is 17.1 Å². The first-order valence-corrected chi connectivity index (χ1v) is 11.9. The summed E-state index contributed by atoms with van der Waals surface area (Å²) in [4.78, 5) is 14.3. The summed E-state index contributed by atoms with van der Waals surface area (Å²) in [5.41, 5.74) is 0.301. The van der Waals surface area contributed by atoms with Gasteiger partial charge in [-0.15, -0.1) is 0 Å². The molecule has 11 heteroatoms. The molecule has 9 nitrogen and oxygen atoms in total. The first-order valence-electron chi connectivity index (χ1n) is 8.57. The Bertz CT molecular complexity index is 878. The van der Waals surface area contributed by atoms with Crippen LogP contribution in [-0.4, -0.2) is 88.8 Å². The van der Waals surface area contributed by atoms with Crippen molar-refractivity contribution >= 4 is 31.6 Å². The molecule has 0 radical (unpaired) electrons. The molecule has 2 rings (SSSR count). The molecule has 1 aliphatic rings. The van der Waals surface area contributed by atoms with E-state index < -0.39 is 26.0 Å². The zero-order chi connectivity index (χ0) is 20.2. The number of anilines is 1. The molecule has 0 saturated carbocycles. The summed E-state index contributed by atoms with van der Waals surface area (Å²) >= 11 is 0. The Morgan fingerprint density at radius 1 is 1.15 bits per heavy atom. The maximum absolute atomic E-state index is 12.8. The lowest BCUT2D eigenvalue weighted by atomic mass is 10.3. The molecule has 0 atom stereocenters. The predicted octanol–water partition coefficient (Wildman–Crippen LogP) is -0.157. The van der Waals surface area contributed by atoms with Crippen molar-refractivity contribution in [3.8, 4) is 0 Å². The molecule has 152 valence electrons. The van der Waals surface area contributed by atoms with Gasteiger partial charge in [-0.2, -0.15) is 8.61 Å². The van der Waals surface area contributed by atoms with Crippen LogP contribution in [0.15, 0.2) is 29.2 Å². The van der Waals surface area contributed by atoms with Crippen molar-refractivity contribution in [3.63, 3.8) is 0 Å². The van der Waals surface area contributed by atoms with E-state index in [2.05, 4.69) is 10.2 Å². The van der Waals surface area contributed by atoms with Gasteiger partial charge in [0.2, 0.25) is 26.0 Å². The van der Waals surface area contributed by atoms with Crippen LogP contribution in [0.25, 0.3) is 0 Å². The Morgan fingerprint density at radius 2 is 1.78 bits per heavy atom. The maximum atomic E-state index is 12.8. The normalized spacial score (nSPS) is 17.2. The summed E-state index contributed by atoms with van der Waals surface area (Å²) in [6.07, 6.45) is 1.01. The minimum Gasteiger partial charge on any atom is -0.325 e. The monoisotopic (exact) mass is 418 g/mol. The molecular weight excluding hydrogens is 392 g/mol. The largest absolute Gasteiger partial charge is 0.325 e. The van der Waals surface area contributed by atoms with Gasteiger partial charge in [-0.25, -0.2) is 16.8 Å². The maximum Gasteiger partial charge on any atom is 0.243 e. The second-order valence-corrected chi connectivity index (χ2v) is 10.5. The molecule has 0 spiro atoms. The molecule has 0 bridgehead atoms. The quantitative estimate of drug-likeness (QED) is 0.660. The van der Waals surface area contributed by atoms with Gasteiger partial charge in [0.05, 0.1) is 17.7 Å². The minimum absolute atomic E-state index is 0.0988. The van der Waals surface area contributed by atoms with E-state index in [-0.39, 0.29) is 11.4 Å². The molecule has 1 N–H and O–H groups in total. The highest BCUT2D eigenvalue weighted by molar-refractivity contribution is 7.89. The van der Waals surface area contributed by atoms with E-state index >= 15 is 0 Å². The number of benzene rings is 1. The van der Waals surface area contributed by atoms with Gasteiger partial charge >= 0.3 is 0 Å². The van der Waals surface area contributed by atoms with Gasteiger partial charge in [-0.3, -0.25) is 4.79 Å². The van der Waals surface area contributed by atoms with Gasteiger partial charge in [0, 0.05) is 38.9 Å². The SMILES string of the molecule is CCN1CCN(S(=O)(=O)c2cccc(NC(=O)CN(C)S(C)(=O)=O)c2)CC1. The molecule has 27 heavy (non-hydrogen) atoms. The molecule has 1 amide bonds. The van der Waals surface area contributed by atoms with Crippen LogP contribution in [0.4, 0.5) is 5.69 Å². The highest BCUT2D eigenvalue weighted by atomic mass is 32.2. The van der Waals surface area contributed by atoms with Crippen molar-refractivity contribution in [3.05, 3.63) is 24.3 Å². The van der Waals surface area contributed by atoms with E-state index in [1.165, 1.54) is 23.5 Å². The molecule has 1 aliphatic heterocycles. The predicted molar refractivity (Wildman–Crippen MR) is 103 cm³/mol. The van der Waals surface area contributed by atoms with Crippen LogP contribution < -0.4 is 5.32 Å². The number of nitrogens with zero attached hydrogens (tertiary/aromatic N) is 3. The van der Waals surface area contributed by atoms with Crippen molar-refractivity contribution in [1.82, 2.24) is 13.5 Å². The highest BCUT2D eigenvalue weighted by Crippen LogP contribution is 2.21. The summed E-state index contributed by atoms with van der Waals surface area (Å²) in [6, 6.07) is 5.98. The number of nitrogens with one attached hydrogen (secondary N) is 1. The van der Waals surface area contributed by atoms with Crippen molar-refractivity contribution in [2.75, 3.05) is 57.9 Å². The van der Waals surface area contributed by atoms with Crippen LogP contribution in [0, 0.1) is 0 Å². The lowest BCUT2D eigenvalue weighted by molar-refractivity contribution is -0.116. The smallest absolute Gasteiger partial charge is 0.243 e. The molecule has 1 fully saturated rings. The van der Waals surface area contributed by atoms with Gasteiger partial charge in [-0.05, 0) is 24.7 Å². The zero-order valence-corrected chi connectivity index (χ0v) is 17.4. The van der Waals surface area contributed by atoms with E-state index in [9.17, 15) is 21.6 Å². The first-order chi connectivity index (χ1) is 12.5. The van der Waals surface area contributed by atoms with Crippen molar-refractivity contribution in [2.45, 2.75) is 11.8 Å². The van der Waals surface area contributed by atoms with Crippen molar-refractivity contribution in [1.29, 1.82) is 0 Å². The second-order valence-electron chi connectivity index (χ2n) is 6.43. The number of likely N-dealkylation sites (N-methyl/N-ethyl adjacent to an activating group) is 2. The first kappa shape index (κ1) is 21.8. The number of amides is 1. The molecule has 0 aliphatic carbocycles. The summed E-state index contributed by atoms with van der Waals surface area (Å²) in [5.74, 6) is -0.547. The Balaban J connectivity index is 2.09. The topological polar surface area (TPSA) is 107 Å². The highest BCUT2D eigenvalue weighted by Gasteiger charge is 2.28. The number of carbonyl (C=O) groups is 1. The number of sulfonamides is 2. The Morgan fingerprint density at radius 3 is 2.33 bits per heavy atom. The van der Waals surface area contributed by atoms with Crippen molar-refractivity contribution < 1.29 is 21.6 Å². The standard InChI is InChI=1S/C16H26N4O5S2/c1-4-19-8-10-20(11-9-19)27(24,25)15-7-5-6-14(12-15)17-16(21)13-18(2)26(3,22)23/h5-7,12H,4,8-11,13H2,1-3H3,(H,17,21). The number of hydrogen-bond acceptors (Lipinski definition) is 6. The van der Waals surface area contributed by atoms with E-state index in [4.69, 9.17) is 0 Å². The van der Waals surface area contributed by atoms with Crippen molar-refractivity contribution in [2.24, 2.45) is 0 Å². The van der Waals surface area contributed by atoms with Crippen LogP contribution in [0.3, 0.4) is 0 Å². The van der Waals surface area contributed by atoms with Gasteiger partial charge in [0.15, 0.2) is 0 Å². The van der Waals surface area contributed by atoms with Crippen LogP contribution in [0.1, 0.15) is 6.92 Å². The van der Waals surface area contributed by atoms with Crippen LogP contribution in [-0.2, 0) is 24.8 Å². The lowest BCUT2D eigenvalue weighted by Crippen LogP contribution is -2.48. The molecule has 1 aromatic carbocycles. The summed E-state index contributed by atoms with van der Waals surface area (Å²) in [5, 5.41) is 2.54. The van der Waals surface area contributed by atoms with Gasteiger partial charge in [-0.1, -0.05) is 13.0 Å². The minimum atomic E-state index is -3.65. The average Bonchev–Trinajstić information content (AvgIpc) is 2.61. The molecule has 0 unspecified atom stereocenters. The Kier molecular flexibility index (Phi) is 6.98. The third-order valence-corrected chi connectivity index (χ3v) is 7.62. The van der Waals surface area contributed by atoms with E-state index in [1.54, 1.807) is 12.1 Å². The fourth-order valence-corrected chi connectivity index (χ4v) is 4.51. The molecule has 1 heterocycles. The molecule has 1 saturated heterocycles. The number of rotatable bonds is 7. The van der Waals surface area contributed by atoms with Gasteiger partial charge in [0.1, 0.15) is 0 Å². The molecule has 1 aromatic rings. The number of piperazine rings is 1.